The fourth-order valence-electron chi connectivity index (χ4n) is 3.69. The van der Waals surface area contributed by atoms with E-state index in [1.807, 2.05) is 11.0 Å². The van der Waals surface area contributed by atoms with Gasteiger partial charge in [0.2, 0.25) is 0 Å². The lowest BCUT2D eigenvalue weighted by Crippen LogP contribution is -2.44. The number of aromatic nitrogens is 1. The van der Waals surface area contributed by atoms with Gasteiger partial charge in [-0.2, -0.15) is 0 Å². The third kappa shape index (κ3) is 2.63. The van der Waals surface area contributed by atoms with Crippen molar-refractivity contribution in [3.63, 3.8) is 0 Å². The Balaban J connectivity index is 1.61. The molecule has 2 aliphatic heterocycles. The van der Waals surface area contributed by atoms with E-state index < -0.39 is 0 Å². The summed E-state index contributed by atoms with van der Waals surface area (Å²) in [6.07, 6.45) is 4.35. The molecule has 0 aliphatic carbocycles. The van der Waals surface area contributed by atoms with Crippen LogP contribution in [0.15, 0.2) is 30.5 Å². The highest BCUT2D eigenvalue weighted by molar-refractivity contribution is 6.42. The summed E-state index contributed by atoms with van der Waals surface area (Å²) in [7, 11) is 0. The van der Waals surface area contributed by atoms with Crippen LogP contribution in [-0.2, 0) is 6.42 Å². The van der Waals surface area contributed by atoms with Crippen LogP contribution in [0.5, 0.6) is 0 Å². The van der Waals surface area contributed by atoms with Crippen molar-refractivity contribution < 1.29 is 4.79 Å². The molecule has 0 saturated carbocycles. The number of fused-ring (bicyclic) bond motifs is 4. The molecule has 1 saturated heterocycles. The van der Waals surface area contributed by atoms with E-state index in [-0.39, 0.29) is 18.1 Å². The topological polar surface area (TPSA) is 45.2 Å². The lowest BCUT2D eigenvalue weighted by atomic mass is 9.95. The maximum absolute atomic E-state index is 12.8. The van der Waals surface area contributed by atoms with Crippen LogP contribution in [-0.4, -0.2) is 22.0 Å². The zero-order valence-electron chi connectivity index (χ0n) is 12.6. The van der Waals surface area contributed by atoms with Gasteiger partial charge in [-0.3, -0.25) is 0 Å². The number of hydrogen-bond acceptors (Lipinski definition) is 2. The number of rotatable bonds is 1. The van der Waals surface area contributed by atoms with Gasteiger partial charge in [-0.15, -0.1) is 0 Å². The first-order valence-corrected chi connectivity index (χ1v) is 8.85. The molecule has 24 heavy (non-hydrogen) atoms. The summed E-state index contributed by atoms with van der Waals surface area (Å²) in [5, 5.41) is 4.35. The molecule has 1 aromatic heterocycles. The summed E-state index contributed by atoms with van der Waals surface area (Å²) >= 11 is 18.2. The first-order valence-electron chi connectivity index (χ1n) is 7.72. The molecule has 2 bridgehead atoms. The third-order valence-electron chi connectivity index (χ3n) is 4.75. The smallest absolute Gasteiger partial charge is 0.314 e. The molecule has 2 aromatic rings. The Morgan fingerprint density at radius 3 is 2.79 bits per heavy atom. The van der Waals surface area contributed by atoms with E-state index in [1.165, 1.54) is 0 Å². The van der Waals surface area contributed by atoms with Crippen molar-refractivity contribution in [1.82, 2.24) is 9.88 Å². The maximum atomic E-state index is 12.8. The molecule has 4 nitrogen and oxygen atoms in total. The number of nitrogens with one attached hydrogen (secondary N) is 1. The normalized spacial score (nSPS) is 21.5. The van der Waals surface area contributed by atoms with Crippen LogP contribution in [0.1, 0.15) is 30.0 Å². The minimum Gasteiger partial charge on any atom is -0.314 e. The molecule has 2 unspecified atom stereocenters. The highest BCUT2D eigenvalue weighted by atomic mass is 35.5. The average Bonchev–Trinajstić information content (AvgIpc) is 2.87. The summed E-state index contributed by atoms with van der Waals surface area (Å²) in [6.45, 7) is 0. The van der Waals surface area contributed by atoms with Gasteiger partial charge in [-0.05, 0) is 54.7 Å². The molecule has 1 fully saturated rings. The van der Waals surface area contributed by atoms with E-state index >= 15 is 0 Å². The van der Waals surface area contributed by atoms with Crippen molar-refractivity contribution in [2.24, 2.45) is 0 Å². The first kappa shape index (κ1) is 16.0. The molecular formula is C17H14Cl3N3O. The Kier molecular flexibility index (Phi) is 4.07. The molecule has 0 spiro atoms. The largest absolute Gasteiger partial charge is 0.322 e. The molecule has 2 amide bonds. The number of pyridine rings is 1. The van der Waals surface area contributed by atoms with Crippen molar-refractivity contribution in [3.8, 4) is 0 Å². The number of benzene rings is 1. The molecule has 0 radical (unpaired) electrons. The highest BCUT2D eigenvalue weighted by Crippen LogP contribution is 2.45. The quantitative estimate of drug-likeness (QED) is 0.677. The van der Waals surface area contributed by atoms with Crippen LogP contribution in [0.2, 0.25) is 15.2 Å². The van der Waals surface area contributed by atoms with Gasteiger partial charge in [0.05, 0.1) is 16.1 Å². The lowest BCUT2D eigenvalue weighted by Gasteiger charge is -2.36. The molecule has 4 rings (SSSR count). The van der Waals surface area contributed by atoms with Crippen LogP contribution in [0.4, 0.5) is 10.5 Å². The first-order chi connectivity index (χ1) is 11.5. The van der Waals surface area contributed by atoms with Gasteiger partial charge in [-0.1, -0.05) is 34.8 Å². The molecule has 1 aromatic carbocycles. The van der Waals surface area contributed by atoms with Crippen molar-refractivity contribution in [1.29, 1.82) is 0 Å². The van der Waals surface area contributed by atoms with Gasteiger partial charge in [0, 0.05) is 17.9 Å². The average molecular weight is 383 g/mol. The van der Waals surface area contributed by atoms with Gasteiger partial charge >= 0.3 is 6.03 Å². The number of carbonyl (C=O) groups excluding carboxylic acids is 1. The summed E-state index contributed by atoms with van der Waals surface area (Å²) in [5.41, 5.74) is 2.81. The fourth-order valence-corrected chi connectivity index (χ4v) is 4.23. The second kappa shape index (κ2) is 6.10. The van der Waals surface area contributed by atoms with Gasteiger partial charge in [0.25, 0.3) is 0 Å². The summed E-state index contributed by atoms with van der Waals surface area (Å²) in [4.78, 5) is 18.9. The Labute approximate surface area is 154 Å². The van der Waals surface area contributed by atoms with E-state index in [4.69, 9.17) is 34.8 Å². The molecule has 1 N–H and O–H groups in total. The fraction of sp³-hybridized carbons (Fsp3) is 0.294. The minimum absolute atomic E-state index is 0.0435. The van der Waals surface area contributed by atoms with Crippen LogP contribution in [0.25, 0.3) is 0 Å². The maximum Gasteiger partial charge on any atom is 0.322 e. The van der Waals surface area contributed by atoms with Gasteiger partial charge in [0.15, 0.2) is 0 Å². The molecule has 2 atom stereocenters. The number of hydrogen-bond donors (Lipinski definition) is 1. The number of nitrogens with zero attached hydrogens (tertiary/aromatic N) is 2. The van der Waals surface area contributed by atoms with Crippen LogP contribution < -0.4 is 5.32 Å². The molecule has 7 heteroatoms. The summed E-state index contributed by atoms with van der Waals surface area (Å²) in [5.74, 6) is 0. The van der Waals surface area contributed by atoms with Crippen LogP contribution in [0.3, 0.4) is 0 Å². The zero-order chi connectivity index (χ0) is 16.8. The SMILES string of the molecule is O=C(Nc1ccc(Cl)c(Cl)c1)N1C2CCC1c1ccnc(Cl)c1C2. The minimum atomic E-state index is -0.125. The van der Waals surface area contributed by atoms with E-state index in [2.05, 4.69) is 10.3 Å². The Morgan fingerprint density at radius 2 is 2.00 bits per heavy atom. The number of urea groups is 1. The van der Waals surface area contributed by atoms with Crippen molar-refractivity contribution in [2.45, 2.75) is 31.3 Å². The van der Waals surface area contributed by atoms with Crippen LogP contribution >= 0.6 is 34.8 Å². The number of halogens is 3. The van der Waals surface area contributed by atoms with Gasteiger partial charge < -0.3 is 10.2 Å². The molecule has 3 heterocycles. The summed E-state index contributed by atoms with van der Waals surface area (Å²) < 4.78 is 0. The highest BCUT2D eigenvalue weighted by Gasteiger charge is 2.43. The van der Waals surface area contributed by atoms with Crippen LogP contribution in [0, 0.1) is 0 Å². The zero-order valence-corrected chi connectivity index (χ0v) is 14.9. The van der Waals surface area contributed by atoms with Crippen molar-refractivity contribution in [3.05, 3.63) is 56.8 Å². The second-order valence-corrected chi connectivity index (χ2v) is 7.26. The standard InChI is InChI=1S/C17H14Cl3N3O/c18-13-3-1-9(7-14(13)19)22-17(24)23-10-2-4-15(23)11-5-6-21-16(20)12(11)8-10/h1,3,5-7,10,15H,2,4,8H2,(H,22,24). The van der Waals surface area contributed by atoms with E-state index in [0.29, 0.717) is 20.9 Å². The Morgan fingerprint density at radius 1 is 1.17 bits per heavy atom. The predicted octanol–water partition coefficient (Wildman–Crippen LogP) is 5.34. The predicted molar refractivity (Wildman–Crippen MR) is 96.0 cm³/mol. The number of amides is 2. The van der Waals surface area contributed by atoms with Crippen molar-refractivity contribution in [2.75, 3.05) is 5.32 Å². The van der Waals surface area contributed by atoms with Gasteiger partial charge in [0.1, 0.15) is 5.15 Å². The number of anilines is 1. The van der Waals surface area contributed by atoms with E-state index in [9.17, 15) is 4.79 Å². The number of carbonyl (C=O) groups is 1. The van der Waals surface area contributed by atoms with E-state index in [0.717, 1.165) is 30.4 Å². The Hall–Kier alpha value is -1.49. The van der Waals surface area contributed by atoms with Gasteiger partial charge in [-0.25, -0.2) is 9.78 Å². The lowest BCUT2D eigenvalue weighted by molar-refractivity contribution is 0.179. The monoisotopic (exact) mass is 381 g/mol. The third-order valence-corrected chi connectivity index (χ3v) is 5.81. The summed E-state index contributed by atoms with van der Waals surface area (Å²) in [6, 6.07) is 7.10. The second-order valence-electron chi connectivity index (χ2n) is 6.09. The van der Waals surface area contributed by atoms with Crippen molar-refractivity contribution >= 4 is 46.5 Å². The molecular weight excluding hydrogens is 369 g/mol. The van der Waals surface area contributed by atoms with E-state index in [1.54, 1.807) is 24.4 Å². The molecule has 124 valence electrons. The Bertz CT molecular complexity index is 827. The molecule has 2 aliphatic rings.